The van der Waals surface area contributed by atoms with Crippen LogP contribution in [-0.2, 0) is 4.79 Å². The number of nitro benzene ring substituents is 1. The molecule has 0 aromatic heterocycles. The van der Waals surface area contributed by atoms with Crippen LogP contribution in [0.15, 0.2) is 52.5 Å². The molecular weight excluding hydrogens is 378 g/mol. The van der Waals surface area contributed by atoms with Gasteiger partial charge in [0.25, 0.3) is 5.69 Å². The smallest absolute Gasteiger partial charge is 0.270 e. The normalized spacial score (nSPS) is 10.7. The number of non-ortho nitro benzene ring substituents is 1. The van der Waals surface area contributed by atoms with E-state index in [-0.39, 0.29) is 18.0 Å². The predicted molar refractivity (Wildman–Crippen MR) is 102 cm³/mol. The molecule has 0 fully saturated rings. The number of halogens is 1. The van der Waals surface area contributed by atoms with Crippen molar-refractivity contribution in [2.75, 3.05) is 12.9 Å². The molecule has 2 aromatic rings. The summed E-state index contributed by atoms with van der Waals surface area (Å²) >= 11 is 7.35. The summed E-state index contributed by atoms with van der Waals surface area (Å²) in [6.45, 7) is 0. The minimum absolute atomic E-state index is 0.0852. The summed E-state index contributed by atoms with van der Waals surface area (Å²) in [5, 5.41) is 15.3. The topological polar surface area (TPSA) is 93.8 Å². The average molecular weight is 394 g/mol. The van der Waals surface area contributed by atoms with Gasteiger partial charge in [-0.15, -0.1) is 11.8 Å². The molecule has 7 nitrogen and oxygen atoms in total. The van der Waals surface area contributed by atoms with Crippen molar-refractivity contribution in [1.29, 1.82) is 0 Å². The second-order valence-corrected chi connectivity index (χ2v) is 6.63. The van der Waals surface area contributed by atoms with Crippen LogP contribution in [0.3, 0.4) is 0 Å². The van der Waals surface area contributed by atoms with Crippen molar-refractivity contribution < 1.29 is 14.5 Å². The van der Waals surface area contributed by atoms with Crippen LogP contribution < -0.4 is 10.2 Å². The van der Waals surface area contributed by atoms with Gasteiger partial charge in [0.2, 0.25) is 5.91 Å². The van der Waals surface area contributed by atoms with Crippen LogP contribution in [0.1, 0.15) is 12.0 Å². The third-order valence-electron chi connectivity index (χ3n) is 3.23. The van der Waals surface area contributed by atoms with Crippen LogP contribution in [0.2, 0.25) is 5.02 Å². The number of hydrogen-bond acceptors (Lipinski definition) is 6. The van der Waals surface area contributed by atoms with Crippen LogP contribution in [0.25, 0.3) is 0 Å². The van der Waals surface area contributed by atoms with Crippen molar-refractivity contribution in [2.24, 2.45) is 5.10 Å². The fourth-order valence-corrected chi connectivity index (χ4v) is 2.94. The number of nitrogens with one attached hydrogen (secondary N) is 1. The lowest BCUT2D eigenvalue weighted by Crippen LogP contribution is -2.17. The average Bonchev–Trinajstić information content (AvgIpc) is 2.63. The highest BCUT2D eigenvalue weighted by Crippen LogP contribution is 2.22. The van der Waals surface area contributed by atoms with E-state index < -0.39 is 4.92 Å². The number of methoxy groups -OCH3 is 1. The molecule has 26 heavy (non-hydrogen) atoms. The van der Waals surface area contributed by atoms with Crippen LogP contribution in [0.4, 0.5) is 5.69 Å². The Morgan fingerprint density at radius 1 is 1.35 bits per heavy atom. The summed E-state index contributed by atoms with van der Waals surface area (Å²) in [7, 11) is 1.45. The number of ether oxygens (including phenoxy) is 1. The number of thioether (sulfide) groups is 1. The second-order valence-electron chi connectivity index (χ2n) is 5.03. The Balaban J connectivity index is 1.85. The van der Waals surface area contributed by atoms with Crippen LogP contribution in [0.5, 0.6) is 5.75 Å². The van der Waals surface area contributed by atoms with E-state index in [1.165, 1.54) is 43.3 Å². The molecule has 0 saturated carbocycles. The number of hydrogen-bond donors (Lipinski definition) is 1. The van der Waals surface area contributed by atoms with Gasteiger partial charge in [-0.25, -0.2) is 5.43 Å². The summed E-state index contributed by atoms with van der Waals surface area (Å²) in [6.07, 6.45) is 1.59. The van der Waals surface area contributed by atoms with Crippen LogP contribution in [0, 0.1) is 10.1 Å². The third-order valence-corrected chi connectivity index (χ3v) is 4.49. The maximum Gasteiger partial charge on any atom is 0.270 e. The zero-order valence-corrected chi connectivity index (χ0v) is 15.4. The van der Waals surface area contributed by atoms with Gasteiger partial charge in [-0.1, -0.05) is 11.6 Å². The Bertz CT molecular complexity index is 812. The first kappa shape index (κ1) is 19.7. The van der Waals surface area contributed by atoms with Crippen molar-refractivity contribution in [1.82, 2.24) is 5.43 Å². The minimum Gasteiger partial charge on any atom is -0.496 e. The third kappa shape index (κ3) is 6.05. The fraction of sp³-hybridized carbons (Fsp3) is 0.176. The van der Waals surface area contributed by atoms with Gasteiger partial charge >= 0.3 is 0 Å². The van der Waals surface area contributed by atoms with Crippen molar-refractivity contribution in [3.05, 3.63) is 63.2 Å². The predicted octanol–water partition coefficient (Wildman–Crippen LogP) is 3.89. The first-order valence-corrected chi connectivity index (χ1v) is 8.88. The maximum atomic E-state index is 11.8. The molecule has 0 aliphatic carbocycles. The highest BCUT2D eigenvalue weighted by atomic mass is 35.5. The Morgan fingerprint density at radius 2 is 2.08 bits per heavy atom. The molecule has 0 aliphatic rings. The zero-order valence-electron chi connectivity index (χ0n) is 13.8. The van der Waals surface area contributed by atoms with Crippen molar-refractivity contribution in [3.8, 4) is 5.75 Å². The standard InChI is InChI=1S/C17H16ClN3O4S/c1-25-16-7-4-14(21(23)24)10-12(16)11-19-20-17(22)8-9-26-15-5-2-13(18)3-6-15/h2-7,10-11H,8-9H2,1H3,(H,20,22)/b19-11+. The maximum absolute atomic E-state index is 11.8. The van der Waals surface area contributed by atoms with Gasteiger partial charge in [0, 0.05) is 39.8 Å². The quantitative estimate of drug-likeness (QED) is 0.318. The molecule has 2 aromatic carbocycles. The van der Waals surface area contributed by atoms with Crippen LogP contribution in [-0.4, -0.2) is 29.9 Å². The van der Waals surface area contributed by atoms with E-state index in [0.29, 0.717) is 22.1 Å². The number of benzene rings is 2. The van der Waals surface area contributed by atoms with E-state index >= 15 is 0 Å². The summed E-state index contributed by atoms with van der Waals surface area (Å²) in [4.78, 5) is 23.1. The van der Waals surface area contributed by atoms with Crippen molar-refractivity contribution in [2.45, 2.75) is 11.3 Å². The number of nitrogens with zero attached hydrogens (tertiary/aromatic N) is 2. The highest BCUT2D eigenvalue weighted by molar-refractivity contribution is 7.99. The summed E-state index contributed by atoms with van der Waals surface area (Å²) < 4.78 is 5.12. The molecule has 1 N–H and O–H groups in total. The van der Waals surface area contributed by atoms with E-state index in [1.807, 2.05) is 12.1 Å². The molecule has 1 amide bonds. The number of carbonyl (C=O) groups is 1. The molecule has 2 rings (SSSR count). The van der Waals surface area contributed by atoms with Gasteiger partial charge in [0.1, 0.15) is 5.75 Å². The number of nitro groups is 1. The fourth-order valence-electron chi connectivity index (χ4n) is 1.96. The van der Waals surface area contributed by atoms with E-state index in [1.54, 1.807) is 12.1 Å². The molecule has 0 bridgehead atoms. The summed E-state index contributed by atoms with van der Waals surface area (Å²) in [6, 6.07) is 11.5. The first-order chi connectivity index (χ1) is 12.5. The molecule has 0 unspecified atom stereocenters. The summed E-state index contributed by atoms with van der Waals surface area (Å²) in [5.74, 6) is 0.752. The lowest BCUT2D eigenvalue weighted by Gasteiger charge is -2.04. The Labute approximate surface area is 159 Å². The molecule has 136 valence electrons. The van der Waals surface area contributed by atoms with Gasteiger partial charge in [0.05, 0.1) is 18.2 Å². The highest BCUT2D eigenvalue weighted by Gasteiger charge is 2.10. The molecule has 0 radical (unpaired) electrons. The lowest BCUT2D eigenvalue weighted by atomic mass is 10.2. The number of hydrazone groups is 1. The first-order valence-electron chi connectivity index (χ1n) is 7.52. The number of rotatable bonds is 8. The molecule has 0 spiro atoms. The zero-order chi connectivity index (χ0) is 18.9. The van der Waals surface area contributed by atoms with E-state index in [4.69, 9.17) is 16.3 Å². The van der Waals surface area contributed by atoms with Gasteiger partial charge in [-0.3, -0.25) is 14.9 Å². The van der Waals surface area contributed by atoms with Gasteiger partial charge in [-0.05, 0) is 30.3 Å². The van der Waals surface area contributed by atoms with Gasteiger partial charge in [0.15, 0.2) is 0 Å². The number of amides is 1. The number of carbonyl (C=O) groups excluding carboxylic acids is 1. The SMILES string of the molecule is COc1ccc([N+](=O)[O-])cc1/C=N/NC(=O)CCSc1ccc(Cl)cc1. The molecule has 0 saturated heterocycles. The minimum atomic E-state index is -0.511. The Kier molecular flexibility index (Phi) is 7.43. The Morgan fingerprint density at radius 3 is 2.73 bits per heavy atom. The van der Waals surface area contributed by atoms with Crippen LogP contribution >= 0.6 is 23.4 Å². The molecule has 0 heterocycles. The second kappa shape index (κ2) is 9.79. The van der Waals surface area contributed by atoms with Gasteiger partial charge < -0.3 is 4.74 Å². The summed E-state index contributed by atoms with van der Waals surface area (Å²) in [5.41, 5.74) is 2.71. The van der Waals surface area contributed by atoms with Crippen molar-refractivity contribution in [3.63, 3.8) is 0 Å². The Hall–Kier alpha value is -2.58. The monoisotopic (exact) mass is 393 g/mol. The largest absolute Gasteiger partial charge is 0.496 e. The molecule has 0 aliphatic heterocycles. The van der Waals surface area contributed by atoms with E-state index in [9.17, 15) is 14.9 Å². The van der Waals surface area contributed by atoms with Crippen molar-refractivity contribution >= 4 is 41.2 Å². The van der Waals surface area contributed by atoms with E-state index in [2.05, 4.69) is 10.5 Å². The molecule has 0 atom stereocenters. The van der Waals surface area contributed by atoms with E-state index in [0.717, 1.165) is 4.90 Å². The molecular formula is C17H16ClN3O4S. The lowest BCUT2D eigenvalue weighted by molar-refractivity contribution is -0.384. The molecule has 9 heteroatoms. The van der Waals surface area contributed by atoms with Gasteiger partial charge in [-0.2, -0.15) is 5.10 Å².